The molecule has 5 amide bonds. The average molecular weight is 626 g/mol. The number of aryl methyl sites for hydroxylation is 1. The standard InChI is InChI=1S/C36H43N5O5/c1-4-32(42)37-19-10-9-18-31(39-33(43)24-28-14-6-5-12-25(28)2)36(46)41-22-20-40(21-23-41)35(45)26(3)38-34(44)30-17-11-15-27-13-7-8-16-29(27)30/h4-8,11-17,26,31H,1,9-10,18-24H2,2-3H3,(H,37,42)(H,38,44)(H,39,43)/t26-,31-/m0/s1. The van der Waals surface area contributed by atoms with E-state index in [4.69, 9.17) is 0 Å². The van der Waals surface area contributed by atoms with Gasteiger partial charge in [-0.3, -0.25) is 24.0 Å². The number of hydrogen-bond donors (Lipinski definition) is 3. The second-order valence-corrected chi connectivity index (χ2v) is 11.6. The number of carbonyl (C=O) groups excluding carboxylic acids is 5. The SMILES string of the molecule is C=CC(=O)NCCCC[C@H](NC(=O)Cc1ccccc1C)C(=O)N1CCN(C(=O)[C@H](C)NC(=O)c2cccc3ccccc23)CC1. The number of piperazine rings is 1. The molecular weight excluding hydrogens is 582 g/mol. The molecule has 3 aromatic rings. The molecule has 0 unspecified atom stereocenters. The number of benzene rings is 3. The fourth-order valence-corrected chi connectivity index (χ4v) is 5.64. The second kappa shape index (κ2) is 16.4. The van der Waals surface area contributed by atoms with E-state index in [0.29, 0.717) is 57.5 Å². The summed E-state index contributed by atoms with van der Waals surface area (Å²) in [5.74, 6) is -1.23. The summed E-state index contributed by atoms with van der Waals surface area (Å²) in [6.45, 7) is 8.76. The molecule has 10 heteroatoms. The summed E-state index contributed by atoms with van der Waals surface area (Å²) in [5, 5.41) is 10.3. The van der Waals surface area contributed by atoms with Crippen molar-refractivity contribution in [1.29, 1.82) is 0 Å². The summed E-state index contributed by atoms with van der Waals surface area (Å²) in [5.41, 5.74) is 2.40. The molecule has 0 bridgehead atoms. The first kappa shape index (κ1) is 33.9. The van der Waals surface area contributed by atoms with E-state index in [1.807, 2.05) is 67.6 Å². The van der Waals surface area contributed by atoms with Crippen molar-refractivity contribution in [1.82, 2.24) is 25.8 Å². The van der Waals surface area contributed by atoms with Crippen molar-refractivity contribution in [3.8, 4) is 0 Å². The summed E-state index contributed by atoms with van der Waals surface area (Å²) in [7, 11) is 0. The van der Waals surface area contributed by atoms with Crippen molar-refractivity contribution in [2.24, 2.45) is 0 Å². The van der Waals surface area contributed by atoms with Crippen LogP contribution >= 0.6 is 0 Å². The Morgan fingerprint density at radius 1 is 0.826 bits per heavy atom. The van der Waals surface area contributed by atoms with Gasteiger partial charge in [-0.2, -0.15) is 0 Å². The number of fused-ring (bicyclic) bond motifs is 1. The smallest absolute Gasteiger partial charge is 0.252 e. The minimum absolute atomic E-state index is 0.163. The van der Waals surface area contributed by atoms with Crippen LogP contribution < -0.4 is 16.0 Å². The van der Waals surface area contributed by atoms with E-state index in [9.17, 15) is 24.0 Å². The largest absolute Gasteiger partial charge is 0.353 e. The van der Waals surface area contributed by atoms with Gasteiger partial charge in [-0.15, -0.1) is 0 Å². The molecule has 0 aliphatic carbocycles. The summed E-state index contributed by atoms with van der Waals surface area (Å²) >= 11 is 0. The first-order chi connectivity index (χ1) is 22.2. The van der Waals surface area contributed by atoms with E-state index < -0.39 is 12.1 Å². The number of unbranched alkanes of at least 4 members (excludes halogenated alkanes) is 1. The minimum Gasteiger partial charge on any atom is -0.353 e. The summed E-state index contributed by atoms with van der Waals surface area (Å²) in [6, 6.07) is 19.3. The van der Waals surface area contributed by atoms with Gasteiger partial charge in [-0.1, -0.05) is 67.2 Å². The van der Waals surface area contributed by atoms with Gasteiger partial charge in [0, 0.05) is 38.3 Å². The molecule has 1 aliphatic rings. The zero-order chi connectivity index (χ0) is 33.1. The monoisotopic (exact) mass is 625 g/mol. The molecule has 0 radical (unpaired) electrons. The van der Waals surface area contributed by atoms with E-state index >= 15 is 0 Å². The van der Waals surface area contributed by atoms with E-state index in [1.165, 1.54) is 6.08 Å². The molecule has 4 rings (SSSR count). The lowest BCUT2D eigenvalue weighted by Crippen LogP contribution is -2.58. The first-order valence-corrected chi connectivity index (χ1v) is 15.8. The van der Waals surface area contributed by atoms with Crippen LogP contribution in [0.2, 0.25) is 0 Å². The van der Waals surface area contributed by atoms with Crippen molar-refractivity contribution < 1.29 is 24.0 Å². The molecule has 0 saturated carbocycles. The predicted octanol–water partition coefficient (Wildman–Crippen LogP) is 3.14. The van der Waals surface area contributed by atoms with Crippen molar-refractivity contribution >= 4 is 40.3 Å². The summed E-state index contributed by atoms with van der Waals surface area (Å²) in [4.78, 5) is 67.8. The van der Waals surface area contributed by atoms with Crippen LogP contribution in [0, 0.1) is 6.92 Å². The van der Waals surface area contributed by atoms with Crippen LogP contribution in [0.4, 0.5) is 0 Å². The van der Waals surface area contributed by atoms with Crippen LogP contribution in [0.5, 0.6) is 0 Å². The second-order valence-electron chi connectivity index (χ2n) is 11.6. The van der Waals surface area contributed by atoms with E-state index in [1.54, 1.807) is 22.8 Å². The number of nitrogens with zero attached hydrogens (tertiary/aromatic N) is 2. The van der Waals surface area contributed by atoms with Crippen molar-refractivity contribution in [3.63, 3.8) is 0 Å². The molecular formula is C36H43N5O5. The molecule has 0 aromatic heterocycles. The maximum absolute atomic E-state index is 13.7. The van der Waals surface area contributed by atoms with Crippen LogP contribution in [0.1, 0.15) is 47.7 Å². The topological polar surface area (TPSA) is 128 Å². The highest BCUT2D eigenvalue weighted by molar-refractivity contribution is 6.08. The van der Waals surface area contributed by atoms with Crippen LogP contribution in [0.25, 0.3) is 10.8 Å². The molecule has 3 N–H and O–H groups in total. The minimum atomic E-state index is -0.746. The Kier molecular flexibility index (Phi) is 12.1. The zero-order valence-electron chi connectivity index (χ0n) is 26.6. The van der Waals surface area contributed by atoms with E-state index in [0.717, 1.165) is 21.9 Å². The highest BCUT2D eigenvalue weighted by Crippen LogP contribution is 2.19. The Balaban J connectivity index is 1.33. The third-order valence-electron chi connectivity index (χ3n) is 8.31. The number of carbonyl (C=O) groups is 5. The summed E-state index contributed by atoms with van der Waals surface area (Å²) < 4.78 is 0. The summed E-state index contributed by atoms with van der Waals surface area (Å²) in [6.07, 6.45) is 3.05. The van der Waals surface area contributed by atoms with Crippen molar-refractivity contribution in [2.75, 3.05) is 32.7 Å². The molecule has 10 nitrogen and oxygen atoms in total. The van der Waals surface area contributed by atoms with Crippen LogP contribution in [-0.4, -0.2) is 84.1 Å². The van der Waals surface area contributed by atoms with Gasteiger partial charge in [0.25, 0.3) is 5.91 Å². The predicted molar refractivity (Wildman–Crippen MR) is 178 cm³/mol. The van der Waals surface area contributed by atoms with Crippen LogP contribution in [-0.2, 0) is 25.6 Å². The van der Waals surface area contributed by atoms with Gasteiger partial charge in [0.05, 0.1) is 6.42 Å². The number of amides is 5. The maximum atomic E-state index is 13.7. The van der Waals surface area contributed by atoms with Gasteiger partial charge in [0.2, 0.25) is 23.6 Å². The molecule has 0 spiro atoms. The molecule has 1 heterocycles. The molecule has 3 aromatic carbocycles. The lowest BCUT2D eigenvalue weighted by Gasteiger charge is -2.37. The van der Waals surface area contributed by atoms with Gasteiger partial charge in [0.15, 0.2) is 0 Å². The Bertz CT molecular complexity index is 1570. The van der Waals surface area contributed by atoms with Gasteiger partial charge in [-0.25, -0.2) is 0 Å². The van der Waals surface area contributed by atoms with Gasteiger partial charge in [0.1, 0.15) is 12.1 Å². The number of hydrogen-bond acceptors (Lipinski definition) is 5. The van der Waals surface area contributed by atoms with Gasteiger partial charge in [-0.05, 0) is 67.2 Å². The lowest BCUT2D eigenvalue weighted by molar-refractivity contribution is -0.142. The van der Waals surface area contributed by atoms with Crippen molar-refractivity contribution in [2.45, 2.75) is 51.6 Å². The average Bonchev–Trinajstić information content (AvgIpc) is 3.07. The maximum Gasteiger partial charge on any atom is 0.252 e. The van der Waals surface area contributed by atoms with Gasteiger partial charge < -0.3 is 25.8 Å². The van der Waals surface area contributed by atoms with Crippen LogP contribution in [0.3, 0.4) is 0 Å². The number of rotatable bonds is 13. The zero-order valence-corrected chi connectivity index (χ0v) is 26.6. The Labute approximate surface area is 270 Å². The Morgan fingerprint density at radius 3 is 2.20 bits per heavy atom. The highest BCUT2D eigenvalue weighted by Gasteiger charge is 2.31. The van der Waals surface area contributed by atoms with Crippen molar-refractivity contribution in [3.05, 3.63) is 96.1 Å². The Morgan fingerprint density at radius 2 is 1.48 bits per heavy atom. The molecule has 1 aliphatic heterocycles. The molecule has 46 heavy (non-hydrogen) atoms. The van der Waals surface area contributed by atoms with E-state index in [2.05, 4.69) is 22.5 Å². The van der Waals surface area contributed by atoms with E-state index in [-0.39, 0.29) is 36.0 Å². The van der Waals surface area contributed by atoms with Crippen LogP contribution in [0.15, 0.2) is 79.4 Å². The molecule has 2 atom stereocenters. The quantitative estimate of drug-likeness (QED) is 0.199. The molecule has 1 fully saturated rings. The fraction of sp³-hybridized carbons (Fsp3) is 0.361. The molecule has 1 saturated heterocycles. The lowest BCUT2D eigenvalue weighted by atomic mass is 10.0. The Hall–Kier alpha value is -4.99. The van der Waals surface area contributed by atoms with Gasteiger partial charge >= 0.3 is 0 Å². The third-order valence-corrected chi connectivity index (χ3v) is 8.31. The third kappa shape index (κ3) is 9.03. The highest BCUT2D eigenvalue weighted by atomic mass is 16.2. The fourth-order valence-electron chi connectivity index (χ4n) is 5.64. The normalized spacial score (nSPS) is 14.2. The number of nitrogens with one attached hydrogen (secondary N) is 3. The molecule has 242 valence electrons. The first-order valence-electron chi connectivity index (χ1n) is 15.8.